The van der Waals surface area contributed by atoms with Crippen LogP contribution in [0, 0.1) is 0 Å². The average Bonchev–Trinajstić information content (AvgIpc) is 1.94. The first-order valence-corrected chi connectivity index (χ1v) is 4.12. The number of amides is 1. The first-order valence-electron chi connectivity index (χ1n) is 4.12. The fraction of sp³-hybridized carbons (Fsp3) is 0.875. The van der Waals surface area contributed by atoms with Gasteiger partial charge in [-0.1, -0.05) is 0 Å². The van der Waals surface area contributed by atoms with Gasteiger partial charge in [-0.25, -0.2) is 0 Å². The summed E-state index contributed by atoms with van der Waals surface area (Å²) >= 11 is 0. The van der Waals surface area contributed by atoms with E-state index in [-0.39, 0.29) is 5.91 Å². The SMILES string of the molecule is CC(=O)N1C[C@H](C)NC[C@@H]1C. The normalized spacial score (nSPS) is 32.1. The molecule has 0 bridgehead atoms. The van der Waals surface area contributed by atoms with Crippen molar-refractivity contribution in [3.05, 3.63) is 0 Å². The van der Waals surface area contributed by atoms with Crippen molar-refractivity contribution in [2.45, 2.75) is 32.9 Å². The van der Waals surface area contributed by atoms with Crippen LogP contribution in [0.15, 0.2) is 0 Å². The van der Waals surface area contributed by atoms with Crippen molar-refractivity contribution in [3.63, 3.8) is 0 Å². The number of carbonyl (C=O) groups is 1. The Bertz CT molecular complexity index is 158. The van der Waals surface area contributed by atoms with Crippen LogP contribution >= 0.6 is 0 Å². The molecule has 1 rings (SSSR count). The van der Waals surface area contributed by atoms with Gasteiger partial charge in [0.2, 0.25) is 5.91 Å². The van der Waals surface area contributed by atoms with E-state index in [1.807, 2.05) is 4.90 Å². The summed E-state index contributed by atoms with van der Waals surface area (Å²) in [5.41, 5.74) is 0. The zero-order valence-electron chi connectivity index (χ0n) is 7.42. The van der Waals surface area contributed by atoms with Gasteiger partial charge in [-0.05, 0) is 13.8 Å². The van der Waals surface area contributed by atoms with Gasteiger partial charge in [0.1, 0.15) is 0 Å². The van der Waals surface area contributed by atoms with E-state index in [0.29, 0.717) is 12.1 Å². The Morgan fingerprint density at radius 1 is 1.55 bits per heavy atom. The highest BCUT2D eigenvalue weighted by Crippen LogP contribution is 2.05. The van der Waals surface area contributed by atoms with Gasteiger partial charge in [-0.15, -0.1) is 0 Å². The molecule has 1 heterocycles. The van der Waals surface area contributed by atoms with Crippen LogP contribution in [0.2, 0.25) is 0 Å². The van der Waals surface area contributed by atoms with Crippen LogP contribution < -0.4 is 5.32 Å². The van der Waals surface area contributed by atoms with Crippen LogP contribution in [-0.2, 0) is 4.79 Å². The summed E-state index contributed by atoms with van der Waals surface area (Å²) < 4.78 is 0. The predicted molar refractivity (Wildman–Crippen MR) is 44.3 cm³/mol. The summed E-state index contributed by atoms with van der Waals surface area (Å²) in [7, 11) is 0. The maximum Gasteiger partial charge on any atom is 0.219 e. The lowest BCUT2D eigenvalue weighted by molar-refractivity contribution is -0.132. The number of nitrogens with zero attached hydrogens (tertiary/aromatic N) is 1. The lowest BCUT2D eigenvalue weighted by Gasteiger charge is -2.36. The molecule has 64 valence electrons. The van der Waals surface area contributed by atoms with Crippen molar-refractivity contribution in [2.24, 2.45) is 0 Å². The minimum absolute atomic E-state index is 0.186. The highest BCUT2D eigenvalue weighted by molar-refractivity contribution is 5.73. The molecule has 0 aromatic rings. The molecule has 0 aromatic heterocycles. The van der Waals surface area contributed by atoms with Crippen LogP contribution in [0.4, 0.5) is 0 Å². The molecule has 0 radical (unpaired) electrons. The van der Waals surface area contributed by atoms with Gasteiger partial charge < -0.3 is 10.2 Å². The van der Waals surface area contributed by atoms with Crippen molar-refractivity contribution in [1.82, 2.24) is 10.2 Å². The zero-order valence-corrected chi connectivity index (χ0v) is 7.42. The molecule has 0 unspecified atom stereocenters. The molecule has 1 N–H and O–H groups in total. The fourth-order valence-electron chi connectivity index (χ4n) is 1.46. The standard InChI is InChI=1S/C8H16N2O/c1-6-5-10(8(3)11)7(2)4-9-6/h6-7,9H,4-5H2,1-3H3/t6-,7-/m0/s1. The second kappa shape index (κ2) is 3.22. The van der Waals surface area contributed by atoms with Gasteiger partial charge in [-0.2, -0.15) is 0 Å². The van der Waals surface area contributed by atoms with Crippen LogP contribution in [0.5, 0.6) is 0 Å². The first kappa shape index (κ1) is 8.53. The molecule has 1 saturated heterocycles. The molecule has 1 aliphatic rings. The Balaban J connectivity index is 2.54. The Labute approximate surface area is 67.8 Å². The monoisotopic (exact) mass is 156 g/mol. The highest BCUT2D eigenvalue weighted by atomic mass is 16.2. The second-order valence-corrected chi connectivity index (χ2v) is 3.33. The van der Waals surface area contributed by atoms with Gasteiger partial charge in [0.05, 0.1) is 0 Å². The van der Waals surface area contributed by atoms with E-state index in [0.717, 1.165) is 13.1 Å². The van der Waals surface area contributed by atoms with E-state index in [4.69, 9.17) is 0 Å². The number of piperazine rings is 1. The molecule has 3 nitrogen and oxygen atoms in total. The smallest absolute Gasteiger partial charge is 0.219 e. The number of rotatable bonds is 0. The van der Waals surface area contributed by atoms with Gasteiger partial charge in [0.25, 0.3) is 0 Å². The molecule has 0 saturated carbocycles. The number of hydrogen-bond acceptors (Lipinski definition) is 2. The van der Waals surface area contributed by atoms with Crippen LogP contribution in [0.25, 0.3) is 0 Å². The van der Waals surface area contributed by atoms with E-state index < -0.39 is 0 Å². The van der Waals surface area contributed by atoms with Gasteiger partial charge in [0, 0.05) is 32.1 Å². The maximum atomic E-state index is 11.1. The van der Waals surface area contributed by atoms with Gasteiger partial charge in [0.15, 0.2) is 0 Å². The number of carbonyl (C=O) groups excluding carboxylic acids is 1. The van der Waals surface area contributed by atoms with E-state index >= 15 is 0 Å². The van der Waals surface area contributed by atoms with E-state index in [9.17, 15) is 4.79 Å². The lowest BCUT2D eigenvalue weighted by atomic mass is 10.1. The molecular formula is C8H16N2O. The van der Waals surface area contributed by atoms with Crippen molar-refractivity contribution >= 4 is 5.91 Å². The molecule has 11 heavy (non-hydrogen) atoms. The molecule has 3 heteroatoms. The van der Waals surface area contributed by atoms with Gasteiger partial charge in [-0.3, -0.25) is 4.79 Å². The van der Waals surface area contributed by atoms with E-state index in [1.54, 1.807) is 6.92 Å². The lowest BCUT2D eigenvalue weighted by Crippen LogP contribution is -2.55. The molecule has 0 spiro atoms. The summed E-state index contributed by atoms with van der Waals surface area (Å²) in [4.78, 5) is 13.0. The molecule has 0 aromatic carbocycles. The summed E-state index contributed by atoms with van der Waals surface area (Å²) in [6.07, 6.45) is 0. The fourth-order valence-corrected chi connectivity index (χ4v) is 1.46. The molecule has 1 aliphatic heterocycles. The first-order chi connectivity index (χ1) is 5.11. The third-order valence-electron chi connectivity index (χ3n) is 2.17. The minimum Gasteiger partial charge on any atom is -0.337 e. The summed E-state index contributed by atoms with van der Waals surface area (Å²) in [5.74, 6) is 0.186. The van der Waals surface area contributed by atoms with Gasteiger partial charge >= 0.3 is 0 Å². The maximum absolute atomic E-state index is 11.1. The molecular weight excluding hydrogens is 140 g/mol. The Kier molecular flexibility index (Phi) is 2.49. The van der Waals surface area contributed by atoms with Crippen molar-refractivity contribution in [2.75, 3.05) is 13.1 Å². The second-order valence-electron chi connectivity index (χ2n) is 3.33. The zero-order chi connectivity index (χ0) is 8.43. The third-order valence-corrected chi connectivity index (χ3v) is 2.17. The largest absolute Gasteiger partial charge is 0.337 e. The van der Waals surface area contributed by atoms with Crippen molar-refractivity contribution in [1.29, 1.82) is 0 Å². The van der Waals surface area contributed by atoms with Crippen molar-refractivity contribution < 1.29 is 4.79 Å². The van der Waals surface area contributed by atoms with Crippen LogP contribution in [-0.4, -0.2) is 36.0 Å². The Morgan fingerprint density at radius 2 is 2.18 bits per heavy atom. The van der Waals surface area contributed by atoms with Crippen molar-refractivity contribution in [3.8, 4) is 0 Å². The highest BCUT2D eigenvalue weighted by Gasteiger charge is 2.23. The molecule has 2 atom stereocenters. The summed E-state index contributed by atoms with van der Waals surface area (Å²) in [6.45, 7) is 7.56. The molecule has 0 aliphatic carbocycles. The number of hydrogen-bond donors (Lipinski definition) is 1. The van der Waals surface area contributed by atoms with E-state index in [1.165, 1.54) is 0 Å². The predicted octanol–water partition coefficient (Wildman–Crippen LogP) is 0.215. The molecule has 1 fully saturated rings. The summed E-state index contributed by atoms with van der Waals surface area (Å²) in [6, 6.07) is 0.791. The average molecular weight is 156 g/mol. The molecule has 1 amide bonds. The number of nitrogens with one attached hydrogen (secondary N) is 1. The topological polar surface area (TPSA) is 32.3 Å². The minimum atomic E-state index is 0.186. The van der Waals surface area contributed by atoms with E-state index in [2.05, 4.69) is 19.2 Å². The summed E-state index contributed by atoms with van der Waals surface area (Å²) in [5, 5.41) is 3.32. The third kappa shape index (κ3) is 1.93. The quantitative estimate of drug-likeness (QED) is 0.544. The Hall–Kier alpha value is -0.570. The van der Waals surface area contributed by atoms with Crippen LogP contribution in [0.3, 0.4) is 0 Å². The Morgan fingerprint density at radius 3 is 2.64 bits per heavy atom. The van der Waals surface area contributed by atoms with Crippen LogP contribution in [0.1, 0.15) is 20.8 Å².